The van der Waals surface area contributed by atoms with Crippen molar-refractivity contribution in [3.63, 3.8) is 0 Å². The zero-order valence-corrected chi connectivity index (χ0v) is 14.1. The Kier molecular flexibility index (Phi) is 4.11. The number of imidazole rings is 1. The number of aromatic carboxylic acids is 1. The van der Waals surface area contributed by atoms with Gasteiger partial charge in [0.25, 0.3) is 0 Å². The molecule has 0 atom stereocenters. The van der Waals surface area contributed by atoms with Crippen molar-refractivity contribution in [2.45, 2.75) is 25.9 Å². The Labute approximate surface area is 141 Å². The molecule has 0 saturated heterocycles. The van der Waals surface area contributed by atoms with E-state index in [-0.39, 0.29) is 5.54 Å². The highest BCUT2D eigenvalue weighted by molar-refractivity contribution is 5.87. The number of hydrogen-bond acceptors (Lipinski definition) is 3. The number of carboxylic acids is 1. The predicted molar refractivity (Wildman–Crippen MR) is 94.0 cm³/mol. The van der Waals surface area contributed by atoms with Crippen molar-refractivity contribution in [1.29, 1.82) is 0 Å². The van der Waals surface area contributed by atoms with Crippen molar-refractivity contribution < 1.29 is 9.90 Å². The van der Waals surface area contributed by atoms with E-state index in [1.165, 1.54) is 0 Å². The summed E-state index contributed by atoms with van der Waals surface area (Å²) >= 11 is 0. The van der Waals surface area contributed by atoms with E-state index in [2.05, 4.69) is 29.8 Å². The first kappa shape index (κ1) is 16.2. The number of benzene rings is 2. The number of carbonyl (C=O) groups is 1. The molecule has 0 spiro atoms. The largest absolute Gasteiger partial charge is 0.478 e. The fraction of sp³-hybridized carbons (Fsp3) is 0.263. The highest BCUT2D eigenvalue weighted by Crippen LogP contribution is 2.24. The number of aryl methyl sites for hydroxylation is 1. The lowest BCUT2D eigenvalue weighted by Gasteiger charge is -2.26. The Bertz CT molecular complexity index is 897. The van der Waals surface area contributed by atoms with Crippen LogP contribution in [0.25, 0.3) is 11.0 Å². The van der Waals surface area contributed by atoms with Crippen LogP contribution < -0.4 is 5.32 Å². The molecule has 0 saturated carbocycles. The number of fused-ring (bicyclic) bond motifs is 1. The first-order valence-electron chi connectivity index (χ1n) is 7.88. The predicted octanol–water partition coefficient (Wildman–Crippen LogP) is 3.30. The summed E-state index contributed by atoms with van der Waals surface area (Å²) in [5, 5.41) is 12.6. The zero-order valence-electron chi connectivity index (χ0n) is 14.1. The van der Waals surface area contributed by atoms with Gasteiger partial charge < -0.3 is 15.0 Å². The van der Waals surface area contributed by atoms with Crippen LogP contribution in [0.2, 0.25) is 0 Å². The number of carboxylic acid groups (broad SMARTS) is 1. The van der Waals surface area contributed by atoms with Gasteiger partial charge in [-0.15, -0.1) is 0 Å². The van der Waals surface area contributed by atoms with E-state index in [1.54, 1.807) is 18.2 Å². The molecule has 0 aliphatic heterocycles. The summed E-state index contributed by atoms with van der Waals surface area (Å²) in [6.07, 6.45) is 0. The summed E-state index contributed by atoms with van der Waals surface area (Å²) in [6, 6.07) is 15.0. The summed E-state index contributed by atoms with van der Waals surface area (Å²) in [4.78, 5) is 15.8. The molecule has 2 N–H and O–H groups in total. The molecule has 0 fully saturated rings. The monoisotopic (exact) mass is 323 g/mol. The lowest BCUT2D eigenvalue weighted by Crippen LogP contribution is -2.38. The van der Waals surface area contributed by atoms with Gasteiger partial charge in [0.05, 0.1) is 22.1 Å². The van der Waals surface area contributed by atoms with Crippen molar-refractivity contribution in [3.8, 4) is 0 Å². The van der Waals surface area contributed by atoms with Gasteiger partial charge in [-0.3, -0.25) is 0 Å². The van der Waals surface area contributed by atoms with E-state index in [9.17, 15) is 4.79 Å². The van der Waals surface area contributed by atoms with Gasteiger partial charge >= 0.3 is 5.97 Å². The van der Waals surface area contributed by atoms with Gasteiger partial charge in [-0.1, -0.05) is 24.3 Å². The number of nitrogens with one attached hydrogen (secondary N) is 1. The van der Waals surface area contributed by atoms with E-state index < -0.39 is 5.97 Å². The fourth-order valence-corrected chi connectivity index (χ4v) is 2.92. The molecule has 0 amide bonds. The third-order valence-electron chi connectivity index (χ3n) is 4.25. The minimum absolute atomic E-state index is 0.301. The number of para-hydroxylation sites is 2. The van der Waals surface area contributed by atoms with Gasteiger partial charge in [-0.05, 0) is 43.7 Å². The first-order valence-corrected chi connectivity index (χ1v) is 7.88. The SMILES string of the molecule is Cn1c(C(C)(C)NCc2cccc(C(=O)O)c2)nc2ccccc21. The third kappa shape index (κ3) is 3.03. The Morgan fingerprint density at radius 1 is 1.21 bits per heavy atom. The van der Waals surface area contributed by atoms with Gasteiger partial charge in [0.1, 0.15) is 5.82 Å². The molecule has 0 radical (unpaired) electrons. The van der Waals surface area contributed by atoms with Crippen LogP contribution in [0.15, 0.2) is 48.5 Å². The van der Waals surface area contributed by atoms with Crippen molar-refractivity contribution >= 4 is 17.0 Å². The maximum Gasteiger partial charge on any atom is 0.335 e. The van der Waals surface area contributed by atoms with Gasteiger partial charge in [-0.25, -0.2) is 9.78 Å². The Morgan fingerprint density at radius 2 is 1.96 bits per heavy atom. The van der Waals surface area contributed by atoms with Crippen LogP contribution >= 0.6 is 0 Å². The molecule has 0 aliphatic rings. The van der Waals surface area contributed by atoms with Gasteiger partial charge in [0.15, 0.2) is 0 Å². The summed E-state index contributed by atoms with van der Waals surface area (Å²) in [7, 11) is 2.01. The van der Waals surface area contributed by atoms with E-state index in [1.807, 2.05) is 31.3 Å². The van der Waals surface area contributed by atoms with Crippen molar-refractivity contribution in [3.05, 3.63) is 65.5 Å². The molecule has 0 unspecified atom stereocenters. The second-order valence-electron chi connectivity index (χ2n) is 6.47. The molecule has 2 aromatic carbocycles. The van der Waals surface area contributed by atoms with Crippen LogP contribution in [-0.4, -0.2) is 20.6 Å². The summed E-state index contributed by atoms with van der Waals surface area (Å²) in [5.41, 5.74) is 2.94. The molecule has 24 heavy (non-hydrogen) atoms. The third-order valence-corrected chi connectivity index (χ3v) is 4.25. The fourth-order valence-electron chi connectivity index (χ4n) is 2.92. The second-order valence-corrected chi connectivity index (χ2v) is 6.47. The number of nitrogens with zero attached hydrogens (tertiary/aromatic N) is 2. The minimum Gasteiger partial charge on any atom is -0.478 e. The topological polar surface area (TPSA) is 67.2 Å². The standard InChI is InChI=1S/C19H21N3O2/c1-19(2,18-21-15-9-4-5-10-16(15)22(18)3)20-12-13-7-6-8-14(11-13)17(23)24/h4-11,20H,12H2,1-3H3,(H,23,24). The van der Waals surface area contributed by atoms with Crippen molar-refractivity contribution in [2.24, 2.45) is 7.05 Å². The van der Waals surface area contributed by atoms with Crippen molar-refractivity contribution in [2.75, 3.05) is 0 Å². The molecule has 0 aliphatic carbocycles. The highest BCUT2D eigenvalue weighted by atomic mass is 16.4. The maximum atomic E-state index is 11.1. The van der Waals surface area contributed by atoms with Gasteiger partial charge in [0.2, 0.25) is 0 Å². The summed E-state index contributed by atoms with van der Waals surface area (Å²) in [6.45, 7) is 4.72. The molecule has 0 bridgehead atoms. The van der Waals surface area contributed by atoms with E-state index in [0.29, 0.717) is 12.1 Å². The molecule has 3 aromatic rings. The van der Waals surface area contributed by atoms with Crippen LogP contribution in [0.3, 0.4) is 0 Å². The first-order chi connectivity index (χ1) is 11.4. The van der Waals surface area contributed by atoms with Crippen LogP contribution in [-0.2, 0) is 19.1 Å². The average Bonchev–Trinajstić information content (AvgIpc) is 2.92. The number of rotatable bonds is 5. The quantitative estimate of drug-likeness (QED) is 0.756. The Balaban J connectivity index is 1.84. The van der Waals surface area contributed by atoms with Crippen LogP contribution in [0.4, 0.5) is 0 Å². The Morgan fingerprint density at radius 3 is 2.67 bits per heavy atom. The second kappa shape index (κ2) is 6.09. The lowest BCUT2D eigenvalue weighted by molar-refractivity contribution is 0.0696. The zero-order chi connectivity index (χ0) is 17.3. The Hall–Kier alpha value is -2.66. The number of hydrogen-bond donors (Lipinski definition) is 2. The lowest BCUT2D eigenvalue weighted by atomic mass is 10.0. The molecule has 124 valence electrons. The van der Waals surface area contributed by atoms with E-state index >= 15 is 0 Å². The maximum absolute atomic E-state index is 11.1. The molecule has 5 heteroatoms. The molecule has 1 heterocycles. The highest BCUT2D eigenvalue weighted by Gasteiger charge is 2.26. The minimum atomic E-state index is -0.911. The van der Waals surface area contributed by atoms with Crippen LogP contribution in [0.5, 0.6) is 0 Å². The summed E-state index contributed by atoms with van der Waals surface area (Å²) in [5.74, 6) is 0.0320. The van der Waals surface area contributed by atoms with Crippen molar-refractivity contribution in [1.82, 2.24) is 14.9 Å². The van der Waals surface area contributed by atoms with E-state index in [4.69, 9.17) is 10.1 Å². The van der Waals surface area contributed by atoms with Gasteiger partial charge in [0, 0.05) is 13.6 Å². The van der Waals surface area contributed by atoms with Gasteiger partial charge in [-0.2, -0.15) is 0 Å². The van der Waals surface area contributed by atoms with E-state index in [0.717, 1.165) is 22.4 Å². The molecule has 3 rings (SSSR count). The number of aromatic nitrogens is 2. The molecule has 5 nitrogen and oxygen atoms in total. The molecular weight excluding hydrogens is 302 g/mol. The molecular formula is C19H21N3O2. The van der Waals surface area contributed by atoms with Crippen LogP contribution in [0, 0.1) is 0 Å². The summed E-state index contributed by atoms with van der Waals surface area (Å²) < 4.78 is 2.09. The molecule has 1 aromatic heterocycles. The average molecular weight is 323 g/mol. The normalized spacial score (nSPS) is 11.8. The smallest absolute Gasteiger partial charge is 0.335 e. The van der Waals surface area contributed by atoms with Crippen LogP contribution in [0.1, 0.15) is 35.6 Å².